The molecule has 102 valence electrons. The van der Waals surface area contributed by atoms with E-state index in [-0.39, 0.29) is 5.41 Å². The van der Waals surface area contributed by atoms with Gasteiger partial charge in [0.1, 0.15) is 5.75 Å². The third-order valence-electron chi connectivity index (χ3n) is 3.27. The van der Waals surface area contributed by atoms with E-state index in [0.717, 1.165) is 33.8 Å². The molecule has 1 rings (SSSR count). The lowest BCUT2D eigenvalue weighted by molar-refractivity contribution is 0.166. The summed E-state index contributed by atoms with van der Waals surface area (Å²) in [6, 6.07) is 4.01. The number of halogens is 2. The fourth-order valence-electron chi connectivity index (χ4n) is 1.71. The molecular weight excluding hydrogens is 312 g/mol. The Bertz CT molecular complexity index is 386. The molecule has 0 fully saturated rings. The van der Waals surface area contributed by atoms with Gasteiger partial charge in [-0.25, -0.2) is 0 Å². The van der Waals surface area contributed by atoms with Crippen LogP contribution in [0.2, 0.25) is 5.02 Å². The summed E-state index contributed by atoms with van der Waals surface area (Å²) >= 11 is 9.71. The van der Waals surface area contributed by atoms with Crippen LogP contribution < -0.4 is 4.74 Å². The highest BCUT2D eigenvalue weighted by atomic mass is 79.9. The molecule has 0 saturated heterocycles. The van der Waals surface area contributed by atoms with Crippen molar-refractivity contribution < 1.29 is 4.74 Å². The molecule has 1 aromatic carbocycles. The van der Waals surface area contributed by atoms with Crippen LogP contribution in [0.15, 0.2) is 12.1 Å². The summed E-state index contributed by atoms with van der Waals surface area (Å²) in [6.07, 6.45) is 0. The molecule has 0 radical (unpaired) electrons. The molecule has 0 heterocycles. The SMILES string of the molecule is Cc1cc(OCC(CBr)C(C)(C)C)cc(C)c1Cl. The average molecular weight is 334 g/mol. The standard InChI is InChI=1S/C15H22BrClO/c1-10-6-13(7-11(2)14(10)17)18-9-12(8-16)15(3,4)5/h6-7,12H,8-9H2,1-5H3. The number of ether oxygens (including phenoxy) is 1. The zero-order valence-corrected chi connectivity index (χ0v) is 14.2. The molecule has 1 aromatic rings. The first-order valence-corrected chi connectivity index (χ1v) is 7.71. The normalized spacial score (nSPS) is 13.5. The van der Waals surface area contributed by atoms with Crippen molar-refractivity contribution in [3.8, 4) is 5.75 Å². The Morgan fingerprint density at radius 1 is 1.22 bits per heavy atom. The number of aryl methyl sites for hydroxylation is 2. The summed E-state index contributed by atoms with van der Waals surface area (Å²) in [6.45, 7) is 11.4. The monoisotopic (exact) mass is 332 g/mol. The highest BCUT2D eigenvalue weighted by Crippen LogP contribution is 2.30. The molecule has 0 N–H and O–H groups in total. The summed E-state index contributed by atoms with van der Waals surface area (Å²) in [4.78, 5) is 0. The van der Waals surface area contributed by atoms with Crippen LogP contribution in [0.5, 0.6) is 5.75 Å². The Morgan fingerprint density at radius 2 is 1.72 bits per heavy atom. The minimum atomic E-state index is 0.236. The van der Waals surface area contributed by atoms with Crippen LogP contribution in [0.25, 0.3) is 0 Å². The smallest absolute Gasteiger partial charge is 0.119 e. The first kappa shape index (κ1) is 15.8. The Labute approximate surface area is 124 Å². The van der Waals surface area contributed by atoms with Crippen LogP contribution >= 0.6 is 27.5 Å². The van der Waals surface area contributed by atoms with Crippen molar-refractivity contribution in [3.63, 3.8) is 0 Å². The van der Waals surface area contributed by atoms with Crippen LogP contribution in [0, 0.1) is 25.2 Å². The summed E-state index contributed by atoms with van der Waals surface area (Å²) in [5.41, 5.74) is 2.37. The van der Waals surface area contributed by atoms with Crippen LogP contribution in [0.4, 0.5) is 0 Å². The lowest BCUT2D eigenvalue weighted by Crippen LogP contribution is -2.27. The highest BCUT2D eigenvalue weighted by molar-refractivity contribution is 9.09. The van der Waals surface area contributed by atoms with Crippen molar-refractivity contribution in [1.82, 2.24) is 0 Å². The molecule has 0 bridgehead atoms. The molecule has 0 aliphatic heterocycles. The van der Waals surface area contributed by atoms with Gasteiger partial charge in [0, 0.05) is 16.3 Å². The van der Waals surface area contributed by atoms with Crippen LogP contribution in [-0.2, 0) is 0 Å². The van der Waals surface area contributed by atoms with E-state index >= 15 is 0 Å². The number of rotatable bonds is 4. The molecule has 1 atom stereocenters. The third kappa shape index (κ3) is 4.17. The topological polar surface area (TPSA) is 9.23 Å². The fourth-order valence-corrected chi connectivity index (χ4v) is 2.98. The predicted octanol–water partition coefficient (Wildman–Crippen LogP) is 5.39. The van der Waals surface area contributed by atoms with Crippen LogP contribution in [0.3, 0.4) is 0 Å². The van der Waals surface area contributed by atoms with Gasteiger partial charge < -0.3 is 4.74 Å². The zero-order chi connectivity index (χ0) is 13.9. The lowest BCUT2D eigenvalue weighted by Gasteiger charge is -2.29. The number of hydrogen-bond acceptors (Lipinski definition) is 1. The molecular formula is C15H22BrClO. The van der Waals surface area contributed by atoms with Gasteiger partial charge in [0.05, 0.1) is 6.61 Å². The minimum absolute atomic E-state index is 0.236. The maximum absolute atomic E-state index is 6.15. The van der Waals surface area contributed by atoms with Gasteiger partial charge in [0.25, 0.3) is 0 Å². The van der Waals surface area contributed by atoms with E-state index in [1.807, 2.05) is 26.0 Å². The molecule has 0 saturated carbocycles. The molecule has 0 aliphatic carbocycles. The van der Waals surface area contributed by atoms with Crippen LogP contribution in [-0.4, -0.2) is 11.9 Å². The first-order valence-electron chi connectivity index (χ1n) is 6.21. The highest BCUT2D eigenvalue weighted by Gasteiger charge is 2.24. The van der Waals surface area contributed by atoms with Crippen molar-refractivity contribution in [3.05, 3.63) is 28.3 Å². The molecule has 0 spiro atoms. The predicted molar refractivity (Wildman–Crippen MR) is 83.2 cm³/mol. The Hall–Kier alpha value is -0.210. The Kier molecular flexibility index (Phi) is 5.54. The van der Waals surface area contributed by atoms with Gasteiger partial charge in [-0.3, -0.25) is 0 Å². The maximum atomic E-state index is 6.15. The Morgan fingerprint density at radius 3 is 2.11 bits per heavy atom. The summed E-state index contributed by atoms with van der Waals surface area (Å²) < 4.78 is 5.91. The minimum Gasteiger partial charge on any atom is -0.493 e. The van der Waals surface area contributed by atoms with Crippen molar-refractivity contribution in [2.45, 2.75) is 34.6 Å². The van der Waals surface area contributed by atoms with Crippen molar-refractivity contribution in [2.24, 2.45) is 11.3 Å². The van der Waals surface area contributed by atoms with E-state index in [4.69, 9.17) is 16.3 Å². The average Bonchev–Trinajstić information content (AvgIpc) is 2.24. The quantitative estimate of drug-likeness (QED) is 0.671. The first-order chi connectivity index (χ1) is 8.25. The molecule has 18 heavy (non-hydrogen) atoms. The second-order valence-electron chi connectivity index (χ2n) is 5.90. The molecule has 1 unspecified atom stereocenters. The van der Waals surface area contributed by atoms with Gasteiger partial charge in [-0.1, -0.05) is 48.3 Å². The molecule has 1 nitrogen and oxygen atoms in total. The van der Waals surface area contributed by atoms with Crippen molar-refractivity contribution in [1.29, 1.82) is 0 Å². The van der Waals surface area contributed by atoms with Gasteiger partial charge in [-0.2, -0.15) is 0 Å². The van der Waals surface area contributed by atoms with Gasteiger partial charge in [-0.05, 0) is 42.5 Å². The second-order valence-corrected chi connectivity index (χ2v) is 6.92. The van der Waals surface area contributed by atoms with Gasteiger partial charge in [0.15, 0.2) is 0 Å². The van der Waals surface area contributed by atoms with Gasteiger partial charge in [-0.15, -0.1) is 0 Å². The fraction of sp³-hybridized carbons (Fsp3) is 0.600. The zero-order valence-electron chi connectivity index (χ0n) is 11.8. The Balaban J connectivity index is 2.75. The van der Waals surface area contributed by atoms with E-state index in [9.17, 15) is 0 Å². The number of hydrogen-bond donors (Lipinski definition) is 0. The van der Waals surface area contributed by atoms with Crippen molar-refractivity contribution >= 4 is 27.5 Å². The number of benzene rings is 1. The van der Waals surface area contributed by atoms with Crippen LogP contribution in [0.1, 0.15) is 31.9 Å². The molecule has 3 heteroatoms. The lowest BCUT2D eigenvalue weighted by atomic mass is 9.83. The van der Waals surface area contributed by atoms with Crippen molar-refractivity contribution in [2.75, 3.05) is 11.9 Å². The maximum Gasteiger partial charge on any atom is 0.119 e. The van der Waals surface area contributed by atoms with E-state index in [0.29, 0.717) is 5.92 Å². The molecule has 0 aromatic heterocycles. The largest absolute Gasteiger partial charge is 0.493 e. The van der Waals surface area contributed by atoms with E-state index in [1.54, 1.807) is 0 Å². The van der Waals surface area contributed by atoms with Gasteiger partial charge in [0.2, 0.25) is 0 Å². The number of alkyl halides is 1. The second kappa shape index (κ2) is 6.29. The summed E-state index contributed by atoms with van der Waals surface area (Å²) in [5, 5.41) is 1.78. The summed E-state index contributed by atoms with van der Waals surface area (Å²) in [5.74, 6) is 1.39. The third-order valence-corrected chi connectivity index (χ3v) is 4.65. The van der Waals surface area contributed by atoms with Gasteiger partial charge >= 0.3 is 0 Å². The molecule has 0 amide bonds. The summed E-state index contributed by atoms with van der Waals surface area (Å²) in [7, 11) is 0. The molecule has 0 aliphatic rings. The van der Waals surface area contributed by atoms with E-state index in [2.05, 4.69) is 36.7 Å². The van der Waals surface area contributed by atoms with E-state index in [1.165, 1.54) is 0 Å². The van der Waals surface area contributed by atoms with E-state index < -0.39 is 0 Å².